The Morgan fingerprint density at radius 3 is 2.71 bits per heavy atom. The van der Waals surface area contributed by atoms with Crippen molar-refractivity contribution in [1.82, 2.24) is 20.1 Å². The first kappa shape index (κ1) is 25.4. The highest BCUT2D eigenvalue weighted by Gasteiger charge is 2.22. The van der Waals surface area contributed by atoms with Crippen LogP contribution in [0.25, 0.3) is 11.1 Å². The fourth-order valence-corrected chi connectivity index (χ4v) is 4.62. The number of aromatic nitrogens is 3. The normalized spacial score (nSPS) is 16.1. The number of ether oxygens (including phenoxy) is 1. The van der Waals surface area contributed by atoms with Crippen molar-refractivity contribution in [2.24, 2.45) is 5.73 Å². The number of carbonyl (C=O) groups is 1. The van der Waals surface area contributed by atoms with E-state index >= 15 is 0 Å². The van der Waals surface area contributed by atoms with E-state index in [1.807, 2.05) is 10.9 Å². The van der Waals surface area contributed by atoms with Crippen molar-refractivity contribution in [2.45, 2.75) is 44.9 Å². The summed E-state index contributed by atoms with van der Waals surface area (Å²) in [7, 11) is 0. The minimum atomic E-state index is -0.753. The number of rotatable bonds is 7. The van der Waals surface area contributed by atoms with Gasteiger partial charge in [0.1, 0.15) is 11.9 Å². The minimum absolute atomic E-state index is 0.126. The Balaban J connectivity index is 1.67. The molecule has 2 atom stereocenters. The number of nitrogens with zero attached hydrogens (tertiary/aromatic N) is 3. The lowest BCUT2D eigenvalue weighted by molar-refractivity contribution is -0.117. The molecule has 2 aromatic heterocycles. The van der Waals surface area contributed by atoms with E-state index in [-0.39, 0.29) is 21.6 Å². The fraction of sp³-hybridized carbons (Fsp3) is 0.375. The average molecular weight is 521 g/mol. The fourth-order valence-electron chi connectivity index (χ4n) is 3.94. The van der Waals surface area contributed by atoms with Gasteiger partial charge in [-0.1, -0.05) is 23.2 Å². The monoisotopic (exact) mass is 520 g/mol. The van der Waals surface area contributed by atoms with Crippen molar-refractivity contribution in [1.29, 1.82) is 0 Å². The van der Waals surface area contributed by atoms with Crippen LogP contribution in [-0.2, 0) is 4.79 Å². The molecule has 3 heterocycles. The third kappa shape index (κ3) is 5.75. The highest BCUT2D eigenvalue weighted by molar-refractivity contribution is 6.36. The molecule has 0 bridgehead atoms. The van der Waals surface area contributed by atoms with Crippen LogP contribution in [0, 0.1) is 5.82 Å². The van der Waals surface area contributed by atoms with Gasteiger partial charge in [0, 0.05) is 34.1 Å². The van der Waals surface area contributed by atoms with Crippen LogP contribution < -0.4 is 21.1 Å². The van der Waals surface area contributed by atoms with Crippen LogP contribution in [0.3, 0.4) is 0 Å². The molecule has 1 aromatic carbocycles. The summed E-state index contributed by atoms with van der Waals surface area (Å²) in [6.45, 7) is 5.16. The second kappa shape index (κ2) is 10.9. The van der Waals surface area contributed by atoms with Crippen molar-refractivity contribution in [3.8, 4) is 16.9 Å². The van der Waals surface area contributed by atoms with Gasteiger partial charge in [-0.3, -0.25) is 9.48 Å². The zero-order chi connectivity index (χ0) is 25.1. The number of nitrogens with two attached hydrogens (primary N) is 1. The van der Waals surface area contributed by atoms with Crippen molar-refractivity contribution in [3.05, 3.63) is 58.2 Å². The van der Waals surface area contributed by atoms with E-state index in [0.29, 0.717) is 11.6 Å². The summed E-state index contributed by atoms with van der Waals surface area (Å²) in [5, 5.41) is 10.7. The molecule has 0 spiro atoms. The summed E-state index contributed by atoms with van der Waals surface area (Å²) in [6.07, 6.45) is 6.63. The lowest BCUT2D eigenvalue weighted by atomic mass is 10.1. The standard InChI is InChI=1S/C24H27Cl2FN6O2/c1-13(28)24(34)32-23-20(35-14(2)21-18(25)3-4-19(27)22(21)26)9-15(10-30-23)16-11-31-33(12-16)17-5-7-29-8-6-17/h3-4,9-14,17,29H,5-8,28H2,1-2H3,(H,30,32,34)/t13?,14-/m1/s1. The summed E-state index contributed by atoms with van der Waals surface area (Å²) < 4.78 is 22.2. The van der Waals surface area contributed by atoms with Crippen LogP contribution in [0.1, 0.15) is 44.4 Å². The topological polar surface area (TPSA) is 107 Å². The maximum Gasteiger partial charge on any atom is 0.242 e. The van der Waals surface area contributed by atoms with Gasteiger partial charge in [0.15, 0.2) is 11.6 Å². The van der Waals surface area contributed by atoms with Gasteiger partial charge in [0.05, 0.1) is 23.3 Å². The van der Waals surface area contributed by atoms with Gasteiger partial charge >= 0.3 is 0 Å². The predicted octanol–water partition coefficient (Wildman–Crippen LogP) is 4.74. The van der Waals surface area contributed by atoms with Crippen molar-refractivity contribution in [2.75, 3.05) is 18.4 Å². The Bertz CT molecular complexity index is 1210. The van der Waals surface area contributed by atoms with Gasteiger partial charge in [-0.2, -0.15) is 5.10 Å². The number of amides is 1. The van der Waals surface area contributed by atoms with E-state index in [9.17, 15) is 9.18 Å². The number of benzene rings is 1. The van der Waals surface area contributed by atoms with E-state index in [1.54, 1.807) is 32.3 Å². The molecule has 4 N–H and O–H groups in total. The zero-order valence-electron chi connectivity index (χ0n) is 19.4. The molecular weight excluding hydrogens is 494 g/mol. The molecule has 1 aliphatic heterocycles. The molecule has 0 saturated carbocycles. The lowest BCUT2D eigenvalue weighted by Crippen LogP contribution is -2.33. The molecule has 4 rings (SSSR count). The van der Waals surface area contributed by atoms with E-state index in [0.717, 1.165) is 37.1 Å². The number of piperidine rings is 1. The van der Waals surface area contributed by atoms with Crippen molar-refractivity contribution < 1.29 is 13.9 Å². The Hall–Kier alpha value is -2.72. The molecule has 1 fully saturated rings. The summed E-state index contributed by atoms with van der Waals surface area (Å²) >= 11 is 12.5. The molecular formula is C24H27Cl2FN6O2. The molecule has 1 amide bonds. The van der Waals surface area contributed by atoms with Crippen LogP contribution in [0.4, 0.5) is 10.2 Å². The molecule has 0 radical (unpaired) electrons. The van der Waals surface area contributed by atoms with Crippen LogP contribution >= 0.6 is 23.2 Å². The number of halogens is 3. The van der Waals surface area contributed by atoms with E-state index < -0.39 is 23.9 Å². The van der Waals surface area contributed by atoms with Crippen LogP contribution in [0.2, 0.25) is 10.0 Å². The van der Waals surface area contributed by atoms with E-state index in [4.69, 9.17) is 33.7 Å². The van der Waals surface area contributed by atoms with Crippen molar-refractivity contribution in [3.63, 3.8) is 0 Å². The van der Waals surface area contributed by atoms with Gasteiger partial charge in [-0.15, -0.1) is 0 Å². The maximum absolute atomic E-state index is 14.1. The Morgan fingerprint density at radius 2 is 2.00 bits per heavy atom. The maximum atomic E-state index is 14.1. The molecule has 186 valence electrons. The molecule has 1 unspecified atom stereocenters. The average Bonchev–Trinajstić information content (AvgIpc) is 3.33. The summed E-state index contributed by atoms with van der Waals surface area (Å²) in [6, 6.07) is 3.93. The van der Waals surface area contributed by atoms with Gasteiger partial charge in [-0.25, -0.2) is 9.37 Å². The lowest BCUT2D eigenvalue weighted by Gasteiger charge is -2.22. The third-order valence-electron chi connectivity index (χ3n) is 5.92. The molecule has 1 saturated heterocycles. The zero-order valence-corrected chi connectivity index (χ0v) is 20.9. The van der Waals surface area contributed by atoms with Crippen LogP contribution in [-0.4, -0.2) is 39.8 Å². The van der Waals surface area contributed by atoms with Crippen LogP contribution in [0.15, 0.2) is 36.8 Å². The molecule has 11 heteroatoms. The first-order chi connectivity index (χ1) is 16.7. The van der Waals surface area contributed by atoms with Gasteiger partial charge in [0.2, 0.25) is 5.91 Å². The Kier molecular flexibility index (Phi) is 7.91. The second-order valence-corrected chi connectivity index (χ2v) is 9.34. The highest BCUT2D eigenvalue weighted by Crippen LogP contribution is 2.37. The van der Waals surface area contributed by atoms with Gasteiger partial charge in [-0.05, 0) is 58.0 Å². The number of carbonyl (C=O) groups excluding carboxylic acids is 1. The summed E-state index contributed by atoms with van der Waals surface area (Å²) in [4.78, 5) is 16.7. The largest absolute Gasteiger partial charge is 0.482 e. The number of anilines is 1. The van der Waals surface area contributed by atoms with Crippen molar-refractivity contribution >= 4 is 34.9 Å². The summed E-state index contributed by atoms with van der Waals surface area (Å²) in [5.41, 5.74) is 7.58. The first-order valence-corrected chi connectivity index (χ1v) is 12.1. The Morgan fingerprint density at radius 1 is 1.26 bits per heavy atom. The van der Waals surface area contributed by atoms with Gasteiger partial charge in [0.25, 0.3) is 0 Å². The predicted molar refractivity (Wildman–Crippen MR) is 134 cm³/mol. The Labute approximate surface area is 213 Å². The molecule has 1 aliphatic rings. The van der Waals surface area contributed by atoms with Gasteiger partial charge < -0.3 is 21.1 Å². The molecule has 8 nitrogen and oxygen atoms in total. The molecule has 35 heavy (non-hydrogen) atoms. The first-order valence-electron chi connectivity index (χ1n) is 11.4. The van der Waals surface area contributed by atoms with E-state index in [2.05, 4.69) is 20.7 Å². The quantitative estimate of drug-likeness (QED) is 0.388. The number of hydrogen-bond acceptors (Lipinski definition) is 6. The highest BCUT2D eigenvalue weighted by atomic mass is 35.5. The van der Waals surface area contributed by atoms with Crippen LogP contribution in [0.5, 0.6) is 5.75 Å². The van der Waals surface area contributed by atoms with E-state index in [1.165, 1.54) is 12.1 Å². The third-order valence-corrected chi connectivity index (χ3v) is 6.63. The SMILES string of the molecule is CC(N)C(=O)Nc1ncc(-c2cnn(C3CCNCC3)c2)cc1O[C@H](C)c1c(Cl)ccc(F)c1Cl. The minimum Gasteiger partial charge on any atom is -0.482 e. The summed E-state index contributed by atoms with van der Waals surface area (Å²) in [5.74, 6) is -0.597. The molecule has 0 aliphatic carbocycles. The molecule has 3 aromatic rings. The number of pyridine rings is 1. The number of hydrogen-bond donors (Lipinski definition) is 3. The number of nitrogens with one attached hydrogen (secondary N) is 2. The smallest absolute Gasteiger partial charge is 0.242 e. The second-order valence-electron chi connectivity index (χ2n) is 8.56.